The summed E-state index contributed by atoms with van der Waals surface area (Å²) in [7, 11) is 1.54. The highest BCUT2D eigenvalue weighted by Gasteiger charge is 2.13. The van der Waals surface area contributed by atoms with Crippen LogP contribution in [-0.4, -0.2) is 36.8 Å². The predicted molar refractivity (Wildman–Crippen MR) is 67.4 cm³/mol. The first-order valence-corrected chi connectivity index (χ1v) is 5.86. The second-order valence-corrected chi connectivity index (χ2v) is 4.22. The van der Waals surface area contributed by atoms with E-state index < -0.39 is 0 Å². The maximum absolute atomic E-state index is 5.26. The Bertz CT molecular complexity index is 789. The van der Waals surface area contributed by atoms with Crippen LogP contribution in [0.2, 0.25) is 0 Å². The number of aromatic amines is 1. The van der Waals surface area contributed by atoms with E-state index in [0.717, 1.165) is 0 Å². The van der Waals surface area contributed by atoms with Crippen LogP contribution in [-0.2, 0) is 6.54 Å². The summed E-state index contributed by atoms with van der Waals surface area (Å²) in [5, 5.41) is 3.74. The molecule has 0 saturated carbocycles. The van der Waals surface area contributed by atoms with E-state index in [9.17, 15) is 0 Å². The lowest BCUT2D eigenvalue weighted by Crippen LogP contribution is -2.01. The molecule has 0 saturated heterocycles. The molecular formula is C10H10N6O2S. The number of nitrogens with one attached hydrogen (secondary N) is 1. The Labute approximate surface area is 112 Å². The Kier molecular flexibility index (Phi) is 2.75. The van der Waals surface area contributed by atoms with E-state index in [1.807, 2.05) is 0 Å². The molecule has 0 spiro atoms. The molecule has 0 amide bonds. The molecule has 3 aromatic heterocycles. The SMILES string of the molecule is COc1ncnc2c1[nH]c(=S)n2Cc1nc(C)no1. The van der Waals surface area contributed by atoms with Crippen molar-refractivity contribution in [1.29, 1.82) is 0 Å². The van der Waals surface area contributed by atoms with Crippen molar-refractivity contribution in [2.45, 2.75) is 13.5 Å². The van der Waals surface area contributed by atoms with Gasteiger partial charge in [0, 0.05) is 0 Å². The van der Waals surface area contributed by atoms with Crippen LogP contribution in [0.4, 0.5) is 0 Å². The normalized spacial score (nSPS) is 11.1. The van der Waals surface area contributed by atoms with Crippen LogP contribution in [0, 0.1) is 11.7 Å². The molecule has 1 N–H and O–H groups in total. The van der Waals surface area contributed by atoms with Gasteiger partial charge in [-0.1, -0.05) is 5.16 Å². The Morgan fingerprint density at radius 3 is 3.00 bits per heavy atom. The standard InChI is InChI=1S/C10H10N6O2S/c1-5-13-6(18-15-5)3-16-8-7(14-10(16)19)9(17-2)12-4-11-8/h4H,3H2,1-2H3,(H,14,19). The van der Waals surface area contributed by atoms with Gasteiger partial charge in [0.15, 0.2) is 16.2 Å². The van der Waals surface area contributed by atoms with E-state index in [4.69, 9.17) is 21.5 Å². The molecule has 19 heavy (non-hydrogen) atoms. The molecule has 0 atom stereocenters. The molecule has 0 fully saturated rings. The smallest absolute Gasteiger partial charge is 0.246 e. The van der Waals surface area contributed by atoms with Gasteiger partial charge in [0.1, 0.15) is 18.4 Å². The largest absolute Gasteiger partial charge is 0.479 e. The lowest BCUT2D eigenvalue weighted by Gasteiger charge is -2.00. The summed E-state index contributed by atoms with van der Waals surface area (Å²) in [5.41, 5.74) is 1.28. The van der Waals surface area contributed by atoms with Crippen LogP contribution in [0.15, 0.2) is 10.9 Å². The van der Waals surface area contributed by atoms with Crippen LogP contribution >= 0.6 is 12.2 Å². The summed E-state index contributed by atoms with van der Waals surface area (Å²) in [6.07, 6.45) is 1.42. The monoisotopic (exact) mass is 278 g/mol. The molecule has 0 aromatic carbocycles. The molecular weight excluding hydrogens is 268 g/mol. The number of aromatic nitrogens is 6. The first kappa shape index (κ1) is 11.8. The minimum atomic E-state index is 0.347. The second-order valence-electron chi connectivity index (χ2n) is 3.83. The number of fused-ring (bicyclic) bond motifs is 1. The topological polar surface area (TPSA) is 94.7 Å². The Morgan fingerprint density at radius 1 is 1.47 bits per heavy atom. The molecule has 3 heterocycles. The lowest BCUT2D eigenvalue weighted by atomic mass is 10.5. The minimum absolute atomic E-state index is 0.347. The molecule has 0 bridgehead atoms. The van der Waals surface area contributed by atoms with Crippen molar-refractivity contribution in [3.05, 3.63) is 22.8 Å². The van der Waals surface area contributed by atoms with Crippen molar-refractivity contribution < 1.29 is 9.26 Å². The summed E-state index contributed by atoms with van der Waals surface area (Å²) in [6, 6.07) is 0. The lowest BCUT2D eigenvalue weighted by molar-refractivity contribution is 0.368. The molecule has 9 heteroatoms. The van der Waals surface area contributed by atoms with Gasteiger partial charge in [-0.15, -0.1) is 0 Å². The molecule has 0 unspecified atom stereocenters. The van der Waals surface area contributed by atoms with Crippen LogP contribution in [0.3, 0.4) is 0 Å². The van der Waals surface area contributed by atoms with Crippen molar-refractivity contribution in [1.82, 2.24) is 29.7 Å². The Hall–Kier alpha value is -2.29. The fraction of sp³-hybridized carbons (Fsp3) is 0.300. The van der Waals surface area contributed by atoms with Crippen LogP contribution < -0.4 is 4.74 Å². The number of hydrogen-bond donors (Lipinski definition) is 1. The number of aryl methyl sites for hydroxylation is 1. The molecule has 0 radical (unpaired) electrons. The molecule has 0 aliphatic rings. The minimum Gasteiger partial charge on any atom is -0.479 e. The maximum atomic E-state index is 5.26. The average Bonchev–Trinajstić information content (AvgIpc) is 2.94. The van der Waals surface area contributed by atoms with Gasteiger partial charge in [-0.25, -0.2) is 4.98 Å². The number of H-pyrrole nitrogens is 1. The van der Waals surface area contributed by atoms with Crippen LogP contribution in [0.1, 0.15) is 11.7 Å². The van der Waals surface area contributed by atoms with Gasteiger partial charge in [0.25, 0.3) is 0 Å². The first-order valence-electron chi connectivity index (χ1n) is 5.45. The summed E-state index contributed by atoms with van der Waals surface area (Å²) in [4.78, 5) is 15.4. The molecule has 98 valence electrons. The molecule has 3 rings (SSSR count). The zero-order valence-corrected chi connectivity index (χ0v) is 11.1. The average molecular weight is 278 g/mol. The summed E-state index contributed by atoms with van der Waals surface area (Å²) in [5.74, 6) is 1.48. The molecule has 8 nitrogen and oxygen atoms in total. The molecule has 3 aromatic rings. The van der Waals surface area contributed by atoms with E-state index in [1.54, 1.807) is 11.5 Å². The molecule has 0 aliphatic carbocycles. The zero-order chi connectivity index (χ0) is 13.4. The van der Waals surface area contributed by atoms with Crippen molar-refractivity contribution in [2.24, 2.45) is 0 Å². The number of imidazole rings is 1. The fourth-order valence-electron chi connectivity index (χ4n) is 1.79. The number of methoxy groups -OCH3 is 1. The second kappa shape index (κ2) is 4.43. The number of hydrogen-bond acceptors (Lipinski definition) is 7. The summed E-state index contributed by atoms with van der Waals surface area (Å²) < 4.78 is 12.5. The van der Waals surface area contributed by atoms with Crippen molar-refractivity contribution in [2.75, 3.05) is 7.11 Å². The number of rotatable bonds is 3. The van der Waals surface area contributed by atoms with Gasteiger partial charge in [0.05, 0.1) is 7.11 Å². The summed E-state index contributed by atoms with van der Waals surface area (Å²) >= 11 is 5.26. The van der Waals surface area contributed by atoms with E-state index in [-0.39, 0.29) is 0 Å². The number of nitrogens with zero attached hydrogens (tertiary/aromatic N) is 5. The Morgan fingerprint density at radius 2 is 2.32 bits per heavy atom. The Balaban J connectivity index is 2.13. The third kappa shape index (κ3) is 1.97. The van der Waals surface area contributed by atoms with E-state index >= 15 is 0 Å². The van der Waals surface area contributed by atoms with Gasteiger partial charge in [0.2, 0.25) is 11.8 Å². The molecule has 0 aliphatic heterocycles. The van der Waals surface area contributed by atoms with Crippen molar-refractivity contribution >= 4 is 23.4 Å². The highest BCUT2D eigenvalue weighted by molar-refractivity contribution is 7.71. The van der Waals surface area contributed by atoms with Gasteiger partial charge in [-0.05, 0) is 19.1 Å². The predicted octanol–water partition coefficient (Wildman–Crippen LogP) is 1.24. The third-order valence-electron chi connectivity index (χ3n) is 2.58. The van der Waals surface area contributed by atoms with Gasteiger partial charge in [-0.3, -0.25) is 4.57 Å². The van der Waals surface area contributed by atoms with E-state index in [2.05, 4.69) is 25.1 Å². The number of ether oxygens (including phenoxy) is 1. The third-order valence-corrected chi connectivity index (χ3v) is 2.90. The highest BCUT2D eigenvalue weighted by atomic mass is 32.1. The van der Waals surface area contributed by atoms with E-state index in [1.165, 1.54) is 13.4 Å². The van der Waals surface area contributed by atoms with Crippen molar-refractivity contribution in [3.63, 3.8) is 0 Å². The zero-order valence-electron chi connectivity index (χ0n) is 10.2. The first-order chi connectivity index (χ1) is 9.19. The quantitative estimate of drug-likeness (QED) is 0.720. The van der Waals surface area contributed by atoms with Crippen LogP contribution in [0.25, 0.3) is 11.2 Å². The van der Waals surface area contributed by atoms with Crippen molar-refractivity contribution in [3.8, 4) is 5.88 Å². The fourth-order valence-corrected chi connectivity index (χ4v) is 2.04. The van der Waals surface area contributed by atoms with Crippen LogP contribution in [0.5, 0.6) is 5.88 Å². The summed E-state index contributed by atoms with van der Waals surface area (Å²) in [6.45, 7) is 2.10. The van der Waals surface area contributed by atoms with Gasteiger partial charge < -0.3 is 14.2 Å². The van der Waals surface area contributed by atoms with Gasteiger partial charge >= 0.3 is 0 Å². The van der Waals surface area contributed by atoms with E-state index in [0.29, 0.717) is 40.1 Å². The van der Waals surface area contributed by atoms with Gasteiger partial charge in [-0.2, -0.15) is 9.97 Å². The highest BCUT2D eigenvalue weighted by Crippen LogP contribution is 2.20. The maximum Gasteiger partial charge on any atom is 0.246 e.